The van der Waals surface area contributed by atoms with Crippen LogP contribution in [0.2, 0.25) is 5.02 Å². The number of ether oxygens (including phenoxy) is 1. The first-order chi connectivity index (χ1) is 17.3. The SMILES string of the molecule is CCOC(=O)c1ccc(N2C(=O)C(Cl)=C(Nc3ccc(C(=O)Nc4cccc(Cl)c4)cc3)C2=O)cc1. The molecule has 4 rings (SSSR count). The van der Waals surface area contributed by atoms with Gasteiger partial charge >= 0.3 is 5.97 Å². The zero-order valence-electron chi connectivity index (χ0n) is 18.9. The fourth-order valence-corrected chi connectivity index (χ4v) is 3.83. The van der Waals surface area contributed by atoms with E-state index in [1.165, 1.54) is 24.3 Å². The number of hydrogen-bond donors (Lipinski definition) is 2. The largest absolute Gasteiger partial charge is 0.462 e. The summed E-state index contributed by atoms with van der Waals surface area (Å²) in [4.78, 5) is 50.9. The van der Waals surface area contributed by atoms with E-state index in [2.05, 4.69) is 10.6 Å². The van der Waals surface area contributed by atoms with E-state index in [1.54, 1.807) is 55.5 Å². The number of nitrogens with zero attached hydrogens (tertiary/aromatic N) is 1. The van der Waals surface area contributed by atoms with Gasteiger partial charge < -0.3 is 15.4 Å². The molecule has 2 N–H and O–H groups in total. The molecule has 0 spiro atoms. The molecule has 0 fully saturated rings. The van der Waals surface area contributed by atoms with E-state index < -0.39 is 17.8 Å². The first-order valence-electron chi connectivity index (χ1n) is 10.8. The maximum Gasteiger partial charge on any atom is 0.338 e. The van der Waals surface area contributed by atoms with Crippen molar-refractivity contribution in [3.05, 3.63) is 99.7 Å². The molecular formula is C26H19Cl2N3O5. The van der Waals surface area contributed by atoms with Crippen molar-refractivity contribution >= 4 is 64.0 Å². The van der Waals surface area contributed by atoms with Crippen molar-refractivity contribution in [2.75, 3.05) is 22.1 Å². The zero-order valence-corrected chi connectivity index (χ0v) is 20.4. The summed E-state index contributed by atoms with van der Waals surface area (Å²) >= 11 is 12.1. The molecule has 3 aromatic carbocycles. The number of esters is 1. The van der Waals surface area contributed by atoms with Gasteiger partial charge in [-0.15, -0.1) is 0 Å². The Balaban J connectivity index is 1.45. The van der Waals surface area contributed by atoms with Crippen LogP contribution in [0.3, 0.4) is 0 Å². The van der Waals surface area contributed by atoms with E-state index in [1.807, 2.05) is 0 Å². The van der Waals surface area contributed by atoms with Crippen molar-refractivity contribution in [1.82, 2.24) is 0 Å². The van der Waals surface area contributed by atoms with Gasteiger partial charge in [-0.3, -0.25) is 14.4 Å². The van der Waals surface area contributed by atoms with Gasteiger partial charge in [-0.2, -0.15) is 0 Å². The van der Waals surface area contributed by atoms with Crippen LogP contribution in [0.5, 0.6) is 0 Å². The normalized spacial score (nSPS) is 13.1. The van der Waals surface area contributed by atoms with Crippen LogP contribution in [0.25, 0.3) is 0 Å². The van der Waals surface area contributed by atoms with Crippen molar-refractivity contribution in [3.8, 4) is 0 Å². The monoisotopic (exact) mass is 523 g/mol. The van der Waals surface area contributed by atoms with Crippen molar-refractivity contribution in [1.29, 1.82) is 0 Å². The second kappa shape index (κ2) is 10.6. The molecular weight excluding hydrogens is 505 g/mol. The first-order valence-corrected chi connectivity index (χ1v) is 11.5. The smallest absolute Gasteiger partial charge is 0.338 e. The van der Waals surface area contributed by atoms with Crippen molar-refractivity contribution in [2.24, 2.45) is 0 Å². The van der Waals surface area contributed by atoms with E-state index >= 15 is 0 Å². The van der Waals surface area contributed by atoms with Crippen LogP contribution in [0.1, 0.15) is 27.6 Å². The highest BCUT2D eigenvalue weighted by molar-refractivity contribution is 6.53. The molecule has 182 valence electrons. The summed E-state index contributed by atoms with van der Waals surface area (Å²) < 4.78 is 4.94. The Bertz CT molecular complexity index is 1390. The predicted octanol–water partition coefficient (Wildman–Crippen LogP) is 5.20. The molecule has 8 nitrogen and oxygen atoms in total. The highest BCUT2D eigenvalue weighted by atomic mass is 35.5. The maximum atomic E-state index is 13.0. The van der Waals surface area contributed by atoms with Crippen LogP contribution in [0.4, 0.5) is 17.1 Å². The minimum absolute atomic E-state index is 0.104. The van der Waals surface area contributed by atoms with Crippen molar-refractivity contribution < 1.29 is 23.9 Å². The van der Waals surface area contributed by atoms with Crippen LogP contribution in [-0.2, 0) is 14.3 Å². The Morgan fingerprint density at radius 2 is 1.53 bits per heavy atom. The molecule has 0 unspecified atom stereocenters. The number of halogens is 2. The summed E-state index contributed by atoms with van der Waals surface area (Å²) in [5.74, 6) is -2.21. The first kappa shape index (κ1) is 25.0. The molecule has 0 aliphatic carbocycles. The minimum atomic E-state index is -0.703. The van der Waals surface area contributed by atoms with Crippen LogP contribution in [0.15, 0.2) is 83.5 Å². The van der Waals surface area contributed by atoms with Gasteiger partial charge in [0.05, 0.1) is 17.9 Å². The Morgan fingerprint density at radius 3 is 2.17 bits per heavy atom. The van der Waals surface area contributed by atoms with E-state index in [-0.39, 0.29) is 34.5 Å². The number of benzene rings is 3. The Morgan fingerprint density at radius 1 is 0.861 bits per heavy atom. The quantitative estimate of drug-likeness (QED) is 0.325. The molecule has 3 amide bonds. The highest BCUT2D eigenvalue weighted by Gasteiger charge is 2.39. The second-order valence-electron chi connectivity index (χ2n) is 7.57. The number of anilines is 3. The molecule has 0 saturated heterocycles. The summed E-state index contributed by atoms with van der Waals surface area (Å²) in [5, 5.41) is 5.81. The number of imide groups is 1. The lowest BCUT2D eigenvalue weighted by molar-refractivity contribution is -0.120. The number of nitrogens with one attached hydrogen (secondary N) is 2. The van der Waals surface area contributed by atoms with E-state index in [9.17, 15) is 19.2 Å². The number of carbonyl (C=O) groups is 4. The maximum absolute atomic E-state index is 13.0. The molecule has 0 radical (unpaired) electrons. The molecule has 1 heterocycles. The van der Waals surface area contributed by atoms with E-state index in [0.717, 1.165) is 4.90 Å². The lowest BCUT2D eigenvalue weighted by atomic mass is 10.2. The Hall–Kier alpha value is -4.14. The van der Waals surface area contributed by atoms with Gasteiger partial charge in [-0.05, 0) is 73.7 Å². The molecule has 10 heteroatoms. The number of rotatable bonds is 7. The van der Waals surface area contributed by atoms with Crippen LogP contribution >= 0.6 is 23.2 Å². The molecule has 0 atom stereocenters. The lowest BCUT2D eigenvalue weighted by Crippen LogP contribution is -2.32. The fraction of sp³-hybridized carbons (Fsp3) is 0.0769. The molecule has 0 bridgehead atoms. The molecule has 36 heavy (non-hydrogen) atoms. The Labute approximate surface area is 216 Å². The van der Waals surface area contributed by atoms with E-state index in [4.69, 9.17) is 27.9 Å². The molecule has 1 aliphatic heterocycles. The summed E-state index contributed by atoms with van der Waals surface area (Å²) in [5.41, 5.74) is 1.81. The molecule has 3 aromatic rings. The lowest BCUT2D eigenvalue weighted by Gasteiger charge is -2.15. The molecule has 0 aromatic heterocycles. The third-order valence-electron chi connectivity index (χ3n) is 5.16. The van der Waals surface area contributed by atoms with Gasteiger partial charge in [-0.25, -0.2) is 9.69 Å². The third-order valence-corrected chi connectivity index (χ3v) is 5.75. The topological polar surface area (TPSA) is 105 Å². The zero-order chi connectivity index (χ0) is 25.8. The van der Waals surface area contributed by atoms with Crippen molar-refractivity contribution in [2.45, 2.75) is 6.92 Å². The van der Waals surface area contributed by atoms with Gasteiger partial charge in [0.15, 0.2) is 0 Å². The third kappa shape index (κ3) is 5.25. The Kier molecular flexibility index (Phi) is 7.38. The summed E-state index contributed by atoms with van der Waals surface area (Å²) in [6.07, 6.45) is 0. The van der Waals surface area contributed by atoms with Gasteiger partial charge in [-0.1, -0.05) is 29.3 Å². The van der Waals surface area contributed by atoms with E-state index in [0.29, 0.717) is 22.0 Å². The number of carbonyl (C=O) groups excluding carboxylic acids is 4. The van der Waals surface area contributed by atoms with Gasteiger partial charge in [0, 0.05) is 22.0 Å². The van der Waals surface area contributed by atoms with Gasteiger partial charge in [0.1, 0.15) is 10.7 Å². The second-order valence-corrected chi connectivity index (χ2v) is 8.38. The summed E-state index contributed by atoms with van der Waals surface area (Å²) in [6, 6.07) is 18.9. The predicted molar refractivity (Wildman–Crippen MR) is 137 cm³/mol. The average Bonchev–Trinajstić information content (AvgIpc) is 3.07. The van der Waals surface area contributed by atoms with Crippen molar-refractivity contribution in [3.63, 3.8) is 0 Å². The van der Waals surface area contributed by atoms with Crippen LogP contribution in [-0.4, -0.2) is 30.3 Å². The standard InChI is InChI=1S/C26H19Cl2N3O5/c1-2-36-26(35)16-8-12-20(13-9-16)31-24(33)21(28)22(25(31)34)29-18-10-6-15(7-11-18)23(32)30-19-5-3-4-17(27)14-19/h3-14,29H,2H2,1H3,(H,30,32). The molecule has 1 aliphatic rings. The summed E-state index contributed by atoms with van der Waals surface area (Å²) in [7, 11) is 0. The number of amides is 3. The highest BCUT2D eigenvalue weighted by Crippen LogP contribution is 2.30. The fourth-order valence-electron chi connectivity index (χ4n) is 3.43. The van der Waals surface area contributed by atoms with Gasteiger partial charge in [0.2, 0.25) is 0 Å². The van der Waals surface area contributed by atoms with Gasteiger partial charge in [0.25, 0.3) is 17.7 Å². The summed E-state index contributed by atoms with van der Waals surface area (Å²) in [6.45, 7) is 1.92. The number of hydrogen-bond acceptors (Lipinski definition) is 6. The van der Waals surface area contributed by atoms with Crippen LogP contribution in [0, 0.1) is 0 Å². The van der Waals surface area contributed by atoms with Crippen LogP contribution < -0.4 is 15.5 Å². The minimum Gasteiger partial charge on any atom is -0.462 e. The molecule has 0 saturated carbocycles. The average molecular weight is 524 g/mol.